The molecule has 0 aromatic heterocycles. The predicted molar refractivity (Wildman–Crippen MR) is 125 cm³/mol. The van der Waals surface area contributed by atoms with Crippen LogP contribution in [0.2, 0.25) is 5.02 Å². The van der Waals surface area contributed by atoms with Gasteiger partial charge in [0.1, 0.15) is 5.82 Å². The molecule has 0 bridgehead atoms. The van der Waals surface area contributed by atoms with E-state index in [0.29, 0.717) is 48.1 Å². The van der Waals surface area contributed by atoms with Crippen molar-refractivity contribution in [2.75, 3.05) is 36.4 Å². The molecule has 0 saturated carbocycles. The average molecular weight is 452 g/mol. The molecule has 0 spiro atoms. The number of aryl methyl sites for hydroxylation is 1. The Kier molecular flexibility index (Phi) is 6.42. The lowest BCUT2D eigenvalue weighted by molar-refractivity contribution is 0.0746. The van der Waals surface area contributed by atoms with E-state index in [-0.39, 0.29) is 11.5 Å². The maximum atomic E-state index is 13.5. The number of nitrogens with zero attached hydrogens (tertiary/aromatic N) is 2. The number of nitrogens with one attached hydrogen (secondary N) is 1. The van der Waals surface area contributed by atoms with Gasteiger partial charge in [0.25, 0.3) is 11.8 Å². The molecule has 4 rings (SSSR count). The van der Waals surface area contributed by atoms with Crippen LogP contribution in [0, 0.1) is 12.7 Å². The zero-order chi connectivity index (χ0) is 22.7. The highest BCUT2D eigenvalue weighted by Gasteiger charge is 2.25. The molecule has 1 aliphatic heterocycles. The molecule has 1 saturated heterocycles. The molecule has 2 amide bonds. The highest BCUT2D eigenvalue weighted by Crippen LogP contribution is 2.35. The Bertz CT molecular complexity index is 1140. The number of carbonyl (C=O) groups excluding carboxylic acids is 2. The first-order chi connectivity index (χ1) is 15.4. The fourth-order valence-electron chi connectivity index (χ4n) is 3.77. The second-order valence-corrected chi connectivity index (χ2v) is 8.15. The van der Waals surface area contributed by atoms with Gasteiger partial charge in [0, 0.05) is 37.3 Å². The highest BCUT2D eigenvalue weighted by atomic mass is 35.5. The number of para-hydroxylation sites is 1. The molecule has 3 aromatic carbocycles. The maximum absolute atomic E-state index is 13.5. The van der Waals surface area contributed by atoms with Gasteiger partial charge in [0.05, 0.1) is 16.4 Å². The molecule has 1 fully saturated rings. The van der Waals surface area contributed by atoms with Crippen LogP contribution in [0.4, 0.5) is 15.8 Å². The van der Waals surface area contributed by atoms with E-state index in [9.17, 15) is 14.0 Å². The fraction of sp³-hybridized carbons (Fsp3) is 0.200. The second kappa shape index (κ2) is 9.40. The summed E-state index contributed by atoms with van der Waals surface area (Å²) in [5.41, 5.74) is 3.25. The van der Waals surface area contributed by atoms with E-state index in [4.69, 9.17) is 11.6 Å². The molecular weight excluding hydrogens is 429 g/mol. The minimum Gasteiger partial charge on any atom is -0.365 e. The number of benzene rings is 3. The van der Waals surface area contributed by atoms with Gasteiger partial charge < -0.3 is 15.1 Å². The number of piperazine rings is 1. The van der Waals surface area contributed by atoms with Gasteiger partial charge in [-0.15, -0.1) is 0 Å². The van der Waals surface area contributed by atoms with Crippen LogP contribution in [0.15, 0.2) is 66.7 Å². The van der Waals surface area contributed by atoms with Crippen molar-refractivity contribution < 1.29 is 14.0 Å². The zero-order valence-electron chi connectivity index (χ0n) is 17.6. The SMILES string of the molecule is Cc1ccc(C(=O)N2CCN(c3c(Cl)cccc3NC(=O)c3cccc(F)c3)CC2)cc1. The summed E-state index contributed by atoms with van der Waals surface area (Å²) < 4.78 is 13.5. The number of hydrogen-bond acceptors (Lipinski definition) is 3. The minimum atomic E-state index is -0.474. The molecule has 1 N–H and O–H groups in total. The third kappa shape index (κ3) is 4.75. The number of halogens is 2. The Morgan fingerprint density at radius 1 is 0.906 bits per heavy atom. The topological polar surface area (TPSA) is 52.7 Å². The Balaban J connectivity index is 1.48. The van der Waals surface area contributed by atoms with Crippen molar-refractivity contribution in [3.63, 3.8) is 0 Å². The molecule has 0 aliphatic carbocycles. The Morgan fingerprint density at radius 2 is 1.59 bits per heavy atom. The van der Waals surface area contributed by atoms with Crippen LogP contribution < -0.4 is 10.2 Å². The molecule has 3 aromatic rings. The van der Waals surface area contributed by atoms with Gasteiger partial charge in [-0.25, -0.2) is 4.39 Å². The van der Waals surface area contributed by atoms with Crippen LogP contribution in [-0.4, -0.2) is 42.9 Å². The van der Waals surface area contributed by atoms with Crippen molar-refractivity contribution in [2.24, 2.45) is 0 Å². The molecule has 1 aliphatic rings. The van der Waals surface area contributed by atoms with E-state index < -0.39 is 11.7 Å². The molecule has 32 heavy (non-hydrogen) atoms. The van der Waals surface area contributed by atoms with Crippen molar-refractivity contribution in [1.29, 1.82) is 0 Å². The Hall–Kier alpha value is -3.38. The lowest BCUT2D eigenvalue weighted by atomic mass is 10.1. The van der Waals surface area contributed by atoms with Crippen LogP contribution in [0.5, 0.6) is 0 Å². The summed E-state index contributed by atoms with van der Waals surface area (Å²) in [6, 6.07) is 18.4. The van der Waals surface area contributed by atoms with Gasteiger partial charge in [0.15, 0.2) is 0 Å². The van der Waals surface area contributed by atoms with E-state index >= 15 is 0 Å². The van der Waals surface area contributed by atoms with Crippen LogP contribution in [-0.2, 0) is 0 Å². The lowest BCUT2D eigenvalue weighted by Gasteiger charge is -2.37. The smallest absolute Gasteiger partial charge is 0.255 e. The third-order valence-corrected chi connectivity index (χ3v) is 5.81. The van der Waals surface area contributed by atoms with Crippen LogP contribution in [0.3, 0.4) is 0 Å². The molecule has 0 unspecified atom stereocenters. The number of rotatable bonds is 4. The van der Waals surface area contributed by atoms with Gasteiger partial charge >= 0.3 is 0 Å². The number of carbonyl (C=O) groups is 2. The molecule has 0 radical (unpaired) electrons. The third-order valence-electron chi connectivity index (χ3n) is 5.50. The van der Waals surface area contributed by atoms with E-state index in [0.717, 1.165) is 5.56 Å². The summed E-state index contributed by atoms with van der Waals surface area (Å²) >= 11 is 6.49. The van der Waals surface area contributed by atoms with E-state index in [2.05, 4.69) is 10.2 Å². The number of hydrogen-bond donors (Lipinski definition) is 1. The Labute approximate surface area is 191 Å². The zero-order valence-corrected chi connectivity index (χ0v) is 18.4. The van der Waals surface area contributed by atoms with E-state index in [1.807, 2.05) is 36.1 Å². The average Bonchev–Trinajstić information content (AvgIpc) is 2.79. The van der Waals surface area contributed by atoms with Crippen LogP contribution in [0.25, 0.3) is 0 Å². The molecule has 164 valence electrons. The number of amides is 2. The van der Waals surface area contributed by atoms with Crippen molar-refractivity contribution in [3.05, 3.63) is 94.3 Å². The van der Waals surface area contributed by atoms with Gasteiger partial charge in [-0.3, -0.25) is 9.59 Å². The maximum Gasteiger partial charge on any atom is 0.255 e. The first kappa shape index (κ1) is 21.8. The summed E-state index contributed by atoms with van der Waals surface area (Å²) in [6.07, 6.45) is 0. The molecule has 7 heteroatoms. The van der Waals surface area contributed by atoms with Gasteiger partial charge in [-0.1, -0.05) is 41.4 Å². The first-order valence-corrected chi connectivity index (χ1v) is 10.8. The quantitative estimate of drug-likeness (QED) is 0.607. The van der Waals surface area contributed by atoms with Crippen molar-refractivity contribution in [1.82, 2.24) is 4.90 Å². The van der Waals surface area contributed by atoms with Gasteiger partial charge in [-0.2, -0.15) is 0 Å². The summed E-state index contributed by atoms with van der Waals surface area (Å²) in [5, 5.41) is 3.35. The van der Waals surface area contributed by atoms with Crippen molar-refractivity contribution >= 4 is 34.8 Å². The standard InChI is InChI=1S/C25H23ClFN3O2/c1-17-8-10-18(11-9-17)25(32)30-14-12-29(13-15-30)23-21(26)6-3-7-22(23)28-24(31)19-4-2-5-20(27)16-19/h2-11,16H,12-15H2,1H3,(H,28,31). The van der Waals surface area contributed by atoms with Crippen LogP contribution >= 0.6 is 11.6 Å². The van der Waals surface area contributed by atoms with Crippen LogP contribution in [0.1, 0.15) is 26.3 Å². The summed E-state index contributed by atoms with van der Waals surface area (Å²) in [5.74, 6) is -0.886. The fourth-order valence-corrected chi connectivity index (χ4v) is 4.07. The molecule has 1 heterocycles. The summed E-state index contributed by atoms with van der Waals surface area (Å²) in [4.78, 5) is 29.3. The lowest BCUT2D eigenvalue weighted by Crippen LogP contribution is -2.49. The normalized spacial score (nSPS) is 13.7. The second-order valence-electron chi connectivity index (χ2n) is 7.75. The summed E-state index contributed by atoms with van der Waals surface area (Å²) in [7, 11) is 0. The van der Waals surface area contributed by atoms with Crippen molar-refractivity contribution in [2.45, 2.75) is 6.92 Å². The molecular formula is C25H23ClFN3O2. The van der Waals surface area contributed by atoms with Crippen molar-refractivity contribution in [3.8, 4) is 0 Å². The number of anilines is 2. The van der Waals surface area contributed by atoms with E-state index in [1.165, 1.54) is 18.2 Å². The van der Waals surface area contributed by atoms with Gasteiger partial charge in [-0.05, 0) is 49.4 Å². The monoisotopic (exact) mass is 451 g/mol. The van der Waals surface area contributed by atoms with E-state index in [1.54, 1.807) is 24.3 Å². The largest absolute Gasteiger partial charge is 0.365 e. The Morgan fingerprint density at radius 3 is 2.28 bits per heavy atom. The first-order valence-electron chi connectivity index (χ1n) is 10.4. The molecule has 5 nitrogen and oxygen atoms in total. The van der Waals surface area contributed by atoms with Gasteiger partial charge in [0.2, 0.25) is 0 Å². The summed E-state index contributed by atoms with van der Waals surface area (Å²) in [6.45, 7) is 4.21. The molecule has 0 atom stereocenters. The minimum absolute atomic E-state index is 0.00318. The highest BCUT2D eigenvalue weighted by molar-refractivity contribution is 6.34. The predicted octanol–water partition coefficient (Wildman–Crippen LogP) is 5.00.